The van der Waals surface area contributed by atoms with Crippen LogP contribution in [0.2, 0.25) is 0 Å². The highest BCUT2D eigenvalue weighted by atomic mass is 32.1. The van der Waals surface area contributed by atoms with Gasteiger partial charge in [0.1, 0.15) is 11.5 Å². The summed E-state index contributed by atoms with van der Waals surface area (Å²) in [5, 5.41) is 19.7. The Morgan fingerprint density at radius 3 is 2.62 bits per heavy atom. The predicted molar refractivity (Wildman–Crippen MR) is 102 cm³/mol. The minimum Gasteiger partial charge on any atom is -0.329 e. The highest BCUT2D eigenvalue weighted by molar-refractivity contribution is 7.10. The second-order valence-electron chi connectivity index (χ2n) is 6.88. The van der Waals surface area contributed by atoms with Gasteiger partial charge in [-0.05, 0) is 31.9 Å². The smallest absolute Gasteiger partial charge is 0.254 e. The standard InChI is InChI=1S/C19H21N5OS/c1-12-2-4-14(5-3-12)19(25)23-8-9-24(16(20)10-23)17(21)15-11-26-18(22-15)13-6-7-13/h2-5,11,13,20-21H,6-10H2,1H3. The number of carbonyl (C=O) groups is 1. The van der Waals surface area contributed by atoms with Crippen LogP contribution in [0, 0.1) is 17.7 Å². The molecule has 134 valence electrons. The van der Waals surface area contributed by atoms with Gasteiger partial charge in [0.15, 0.2) is 5.84 Å². The molecule has 1 saturated carbocycles. The molecule has 2 fully saturated rings. The van der Waals surface area contributed by atoms with E-state index in [1.165, 1.54) is 12.8 Å². The maximum absolute atomic E-state index is 12.6. The molecule has 0 unspecified atom stereocenters. The van der Waals surface area contributed by atoms with E-state index < -0.39 is 0 Å². The highest BCUT2D eigenvalue weighted by Gasteiger charge is 2.31. The zero-order valence-corrected chi connectivity index (χ0v) is 15.5. The number of hydrogen-bond acceptors (Lipinski definition) is 5. The van der Waals surface area contributed by atoms with E-state index in [9.17, 15) is 4.79 Å². The van der Waals surface area contributed by atoms with Crippen LogP contribution in [-0.4, -0.2) is 52.0 Å². The molecule has 2 aromatic rings. The quantitative estimate of drug-likeness (QED) is 0.646. The van der Waals surface area contributed by atoms with Gasteiger partial charge >= 0.3 is 0 Å². The number of aromatic nitrogens is 1. The molecule has 0 spiro atoms. The topological polar surface area (TPSA) is 84.1 Å². The SMILES string of the molecule is Cc1ccc(C(=O)N2CCN(C(=N)c3csc(C4CC4)n3)C(=N)C2)cc1. The fraction of sp³-hybridized carbons (Fsp3) is 0.368. The van der Waals surface area contributed by atoms with E-state index in [1.807, 2.05) is 36.6 Å². The summed E-state index contributed by atoms with van der Waals surface area (Å²) in [5.41, 5.74) is 2.39. The van der Waals surface area contributed by atoms with Crippen molar-refractivity contribution in [1.82, 2.24) is 14.8 Å². The molecule has 6 nitrogen and oxygen atoms in total. The second kappa shape index (κ2) is 6.64. The Labute approximate surface area is 156 Å². The summed E-state index contributed by atoms with van der Waals surface area (Å²) >= 11 is 1.60. The molecule has 1 aliphatic carbocycles. The molecule has 2 aliphatic rings. The first-order valence-corrected chi connectivity index (χ1v) is 9.66. The molecule has 1 aromatic heterocycles. The van der Waals surface area contributed by atoms with Crippen LogP contribution in [0.4, 0.5) is 0 Å². The van der Waals surface area contributed by atoms with Crippen molar-refractivity contribution in [3.8, 4) is 0 Å². The van der Waals surface area contributed by atoms with Crippen molar-refractivity contribution >= 4 is 28.9 Å². The number of carbonyl (C=O) groups excluding carboxylic acids is 1. The molecule has 1 amide bonds. The fourth-order valence-corrected chi connectivity index (χ4v) is 4.03. The molecule has 2 N–H and O–H groups in total. The van der Waals surface area contributed by atoms with Crippen molar-refractivity contribution < 1.29 is 4.79 Å². The van der Waals surface area contributed by atoms with Crippen LogP contribution in [-0.2, 0) is 0 Å². The minimum atomic E-state index is -0.0643. The normalized spacial score (nSPS) is 17.5. The Morgan fingerprint density at radius 2 is 1.96 bits per heavy atom. The Balaban J connectivity index is 1.42. The van der Waals surface area contributed by atoms with Gasteiger partial charge in [0.2, 0.25) is 0 Å². The Bertz CT molecular complexity index is 868. The number of nitrogens with zero attached hydrogens (tertiary/aromatic N) is 3. The monoisotopic (exact) mass is 367 g/mol. The first-order valence-electron chi connectivity index (χ1n) is 8.78. The van der Waals surface area contributed by atoms with Gasteiger partial charge in [-0.2, -0.15) is 0 Å². The number of hydrogen-bond donors (Lipinski definition) is 2. The van der Waals surface area contributed by atoms with Gasteiger partial charge in [-0.3, -0.25) is 15.6 Å². The zero-order chi connectivity index (χ0) is 18.3. The number of benzene rings is 1. The molecule has 0 radical (unpaired) electrons. The van der Waals surface area contributed by atoms with Gasteiger partial charge in [-0.1, -0.05) is 17.7 Å². The van der Waals surface area contributed by atoms with Crippen LogP contribution in [0.25, 0.3) is 0 Å². The molecule has 4 rings (SSSR count). The lowest BCUT2D eigenvalue weighted by Crippen LogP contribution is -2.54. The van der Waals surface area contributed by atoms with Crippen LogP contribution in [0.5, 0.6) is 0 Å². The van der Waals surface area contributed by atoms with Crippen molar-refractivity contribution in [2.24, 2.45) is 0 Å². The van der Waals surface area contributed by atoms with E-state index in [-0.39, 0.29) is 24.1 Å². The van der Waals surface area contributed by atoms with Gasteiger partial charge < -0.3 is 9.80 Å². The van der Waals surface area contributed by atoms with Gasteiger partial charge in [-0.25, -0.2) is 4.98 Å². The first-order chi connectivity index (χ1) is 12.5. The molecular formula is C19H21N5OS. The van der Waals surface area contributed by atoms with E-state index >= 15 is 0 Å². The van der Waals surface area contributed by atoms with Gasteiger partial charge in [0.05, 0.1) is 11.6 Å². The molecule has 26 heavy (non-hydrogen) atoms. The Hall–Kier alpha value is -2.54. The summed E-state index contributed by atoms with van der Waals surface area (Å²) in [6.07, 6.45) is 2.38. The van der Waals surface area contributed by atoms with E-state index in [4.69, 9.17) is 10.8 Å². The van der Waals surface area contributed by atoms with Crippen molar-refractivity contribution in [2.45, 2.75) is 25.7 Å². The number of amides is 1. The fourth-order valence-electron chi connectivity index (χ4n) is 3.05. The lowest BCUT2D eigenvalue weighted by Gasteiger charge is -2.36. The van der Waals surface area contributed by atoms with Gasteiger partial charge in [0.25, 0.3) is 5.91 Å². The van der Waals surface area contributed by atoms with Crippen LogP contribution < -0.4 is 0 Å². The lowest BCUT2D eigenvalue weighted by atomic mass is 10.1. The number of thiazole rings is 1. The number of aryl methyl sites for hydroxylation is 1. The lowest BCUT2D eigenvalue weighted by molar-refractivity contribution is 0.0757. The molecular weight excluding hydrogens is 346 g/mol. The van der Waals surface area contributed by atoms with E-state index in [0.29, 0.717) is 30.3 Å². The number of piperazine rings is 1. The van der Waals surface area contributed by atoms with E-state index in [0.717, 1.165) is 10.6 Å². The van der Waals surface area contributed by atoms with E-state index in [1.54, 1.807) is 21.1 Å². The largest absolute Gasteiger partial charge is 0.329 e. The van der Waals surface area contributed by atoms with Crippen LogP contribution in [0.15, 0.2) is 29.6 Å². The second-order valence-corrected chi connectivity index (χ2v) is 7.77. The third-order valence-electron chi connectivity index (χ3n) is 4.81. The molecule has 7 heteroatoms. The summed E-state index contributed by atoms with van der Waals surface area (Å²) in [7, 11) is 0. The maximum Gasteiger partial charge on any atom is 0.254 e. The van der Waals surface area contributed by atoms with Gasteiger partial charge in [-0.15, -0.1) is 11.3 Å². The maximum atomic E-state index is 12.6. The third kappa shape index (κ3) is 3.26. The van der Waals surface area contributed by atoms with Crippen molar-refractivity contribution in [1.29, 1.82) is 10.8 Å². The summed E-state index contributed by atoms with van der Waals surface area (Å²) < 4.78 is 0. The minimum absolute atomic E-state index is 0.0643. The van der Waals surface area contributed by atoms with Crippen molar-refractivity contribution in [3.05, 3.63) is 51.5 Å². The highest BCUT2D eigenvalue weighted by Crippen LogP contribution is 2.41. The average molecular weight is 367 g/mol. The van der Waals surface area contributed by atoms with Crippen molar-refractivity contribution in [2.75, 3.05) is 19.6 Å². The van der Waals surface area contributed by atoms with Crippen LogP contribution in [0.1, 0.15) is 45.4 Å². The summed E-state index contributed by atoms with van der Waals surface area (Å²) in [6, 6.07) is 7.49. The molecule has 1 saturated heterocycles. The molecule has 0 atom stereocenters. The molecule has 1 aliphatic heterocycles. The van der Waals surface area contributed by atoms with Gasteiger partial charge in [0, 0.05) is 30.0 Å². The molecule has 0 bridgehead atoms. The molecule has 1 aromatic carbocycles. The Morgan fingerprint density at radius 1 is 1.23 bits per heavy atom. The predicted octanol–water partition coefficient (Wildman–Crippen LogP) is 3.09. The number of rotatable bonds is 3. The summed E-state index contributed by atoms with van der Waals surface area (Å²) in [6.45, 7) is 3.15. The van der Waals surface area contributed by atoms with Crippen molar-refractivity contribution in [3.63, 3.8) is 0 Å². The molecule has 2 heterocycles. The third-order valence-corrected chi connectivity index (χ3v) is 5.81. The van der Waals surface area contributed by atoms with Crippen LogP contribution in [0.3, 0.4) is 0 Å². The number of amidine groups is 2. The summed E-state index contributed by atoms with van der Waals surface area (Å²) in [5.74, 6) is 1.04. The Kier molecular flexibility index (Phi) is 4.32. The van der Waals surface area contributed by atoms with E-state index in [2.05, 4.69) is 4.98 Å². The summed E-state index contributed by atoms with van der Waals surface area (Å²) in [4.78, 5) is 20.5. The number of nitrogens with one attached hydrogen (secondary N) is 2. The average Bonchev–Trinajstić information content (AvgIpc) is 3.38. The van der Waals surface area contributed by atoms with Crippen LogP contribution >= 0.6 is 11.3 Å². The first kappa shape index (κ1) is 16.9. The zero-order valence-electron chi connectivity index (χ0n) is 14.7.